The molecule has 0 heterocycles. The van der Waals surface area contributed by atoms with Gasteiger partial charge < -0.3 is 43.4 Å². The number of amides is 3. The maximum absolute atomic E-state index is 13.0. The van der Waals surface area contributed by atoms with Gasteiger partial charge in [-0.1, -0.05) is 20.3 Å². The van der Waals surface area contributed by atoms with Gasteiger partial charge in [0, 0.05) is 12.3 Å². The normalized spacial score (nSPS) is 15.1. The molecule has 0 saturated carbocycles. The van der Waals surface area contributed by atoms with Crippen molar-refractivity contribution in [2.24, 2.45) is 28.1 Å². The van der Waals surface area contributed by atoms with Gasteiger partial charge in [0.25, 0.3) is 0 Å². The van der Waals surface area contributed by atoms with Crippen LogP contribution in [0.5, 0.6) is 0 Å². The number of carbonyl (C=O) groups is 5. The first-order valence-corrected chi connectivity index (χ1v) is 11.2. The number of carboxylic acid groups (broad SMARTS) is 2. The Morgan fingerprint density at radius 1 is 0.971 bits per heavy atom. The highest BCUT2D eigenvalue weighted by Crippen LogP contribution is 2.10. The van der Waals surface area contributed by atoms with Gasteiger partial charge in [-0.15, -0.1) is 0 Å². The van der Waals surface area contributed by atoms with Gasteiger partial charge in [0.05, 0.1) is 12.5 Å². The Labute approximate surface area is 202 Å². The molecule has 3 amide bonds. The molecule has 5 atom stereocenters. The molecule has 0 fully saturated rings. The SMILES string of the molecule is CCC(C)C(NC(=O)C(CCCN=C(N)N)NC(=O)C(N)CS)C(=O)NC(CC(=O)O)C(=O)O. The van der Waals surface area contributed by atoms with E-state index in [-0.39, 0.29) is 24.7 Å². The number of thiol groups is 1. The number of carbonyl (C=O) groups excluding carboxylic acids is 3. The van der Waals surface area contributed by atoms with Crippen LogP contribution in [0.15, 0.2) is 4.99 Å². The van der Waals surface area contributed by atoms with Crippen LogP contribution in [0.4, 0.5) is 0 Å². The molecule has 0 aromatic rings. The number of hydrogen-bond donors (Lipinski definition) is 9. The summed E-state index contributed by atoms with van der Waals surface area (Å²) in [5.74, 6) is -5.70. The molecule has 5 unspecified atom stereocenters. The lowest BCUT2D eigenvalue weighted by atomic mass is 9.97. The van der Waals surface area contributed by atoms with Gasteiger partial charge in [-0.05, 0) is 18.8 Å². The summed E-state index contributed by atoms with van der Waals surface area (Å²) in [6.45, 7) is 3.59. The van der Waals surface area contributed by atoms with E-state index in [1.807, 2.05) is 0 Å². The molecule has 0 aliphatic heterocycles. The number of nitrogens with zero attached hydrogens (tertiary/aromatic N) is 1. The summed E-state index contributed by atoms with van der Waals surface area (Å²) in [5.41, 5.74) is 16.2. The second-order valence-electron chi connectivity index (χ2n) is 7.67. The van der Waals surface area contributed by atoms with E-state index in [0.717, 1.165) is 0 Å². The summed E-state index contributed by atoms with van der Waals surface area (Å²) >= 11 is 3.96. The standard InChI is InChI=1S/C19H35N7O7S/c1-3-9(2)14(17(31)25-12(18(32)33)7-13(27)28)26-16(30)11(5-4-6-23-19(21)22)24-15(29)10(20)8-34/h9-12,14,34H,3-8,20H2,1-2H3,(H,24,29)(H,25,31)(H,26,30)(H,27,28)(H,32,33)(H4,21,22,23). The molecule has 0 rings (SSSR count). The predicted octanol–water partition coefficient (Wildman–Crippen LogP) is -2.64. The molecule has 0 saturated heterocycles. The van der Waals surface area contributed by atoms with Crippen LogP contribution in [-0.4, -0.2) is 82.3 Å². The van der Waals surface area contributed by atoms with Gasteiger partial charge in [0.1, 0.15) is 18.1 Å². The average Bonchev–Trinajstić information content (AvgIpc) is 2.76. The molecule has 34 heavy (non-hydrogen) atoms. The van der Waals surface area contributed by atoms with Crippen molar-refractivity contribution >= 4 is 48.2 Å². The number of guanidine groups is 1. The third-order valence-corrected chi connectivity index (χ3v) is 5.29. The quantitative estimate of drug-likeness (QED) is 0.0456. The van der Waals surface area contributed by atoms with Gasteiger partial charge in [0.15, 0.2) is 5.96 Å². The molecule has 14 nitrogen and oxygen atoms in total. The van der Waals surface area contributed by atoms with E-state index in [0.29, 0.717) is 12.8 Å². The number of aliphatic imine (C=N–C) groups is 1. The van der Waals surface area contributed by atoms with Crippen molar-refractivity contribution in [3.8, 4) is 0 Å². The molecule has 194 valence electrons. The van der Waals surface area contributed by atoms with Gasteiger partial charge in [-0.25, -0.2) is 4.79 Å². The summed E-state index contributed by atoms with van der Waals surface area (Å²) < 4.78 is 0. The fraction of sp³-hybridized carbons (Fsp3) is 0.684. The lowest BCUT2D eigenvalue weighted by Crippen LogP contribution is -2.59. The van der Waals surface area contributed by atoms with Crippen LogP contribution >= 0.6 is 12.6 Å². The monoisotopic (exact) mass is 505 g/mol. The Morgan fingerprint density at radius 3 is 2.03 bits per heavy atom. The zero-order valence-corrected chi connectivity index (χ0v) is 20.1. The fourth-order valence-electron chi connectivity index (χ4n) is 2.73. The fourth-order valence-corrected chi connectivity index (χ4v) is 2.89. The minimum Gasteiger partial charge on any atom is -0.481 e. The Morgan fingerprint density at radius 2 is 1.56 bits per heavy atom. The summed E-state index contributed by atoms with van der Waals surface area (Å²) in [5, 5.41) is 25.2. The van der Waals surface area contributed by atoms with E-state index < -0.39 is 66.2 Å². The van der Waals surface area contributed by atoms with E-state index in [9.17, 15) is 29.1 Å². The van der Waals surface area contributed by atoms with Crippen molar-refractivity contribution in [1.29, 1.82) is 0 Å². The van der Waals surface area contributed by atoms with Crippen LogP contribution < -0.4 is 33.2 Å². The molecule has 0 aromatic carbocycles. The van der Waals surface area contributed by atoms with Crippen LogP contribution in [0.3, 0.4) is 0 Å². The molecule has 0 aliphatic rings. The third-order valence-electron chi connectivity index (χ3n) is 4.90. The first-order valence-electron chi connectivity index (χ1n) is 10.6. The van der Waals surface area contributed by atoms with Gasteiger partial charge in [0.2, 0.25) is 17.7 Å². The van der Waals surface area contributed by atoms with Crippen LogP contribution in [0, 0.1) is 5.92 Å². The maximum Gasteiger partial charge on any atom is 0.326 e. The van der Waals surface area contributed by atoms with Crippen LogP contribution in [0.25, 0.3) is 0 Å². The average molecular weight is 506 g/mol. The van der Waals surface area contributed by atoms with Crippen LogP contribution in [-0.2, 0) is 24.0 Å². The second-order valence-corrected chi connectivity index (χ2v) is 8.03. The van der Waals surface area contributed by atoms with Gasteiger partial charge >= 0.3 is 11.9 Å². The molecular formula is C19H35N7O7S. The molecule has 0 spiro atoms. The number of rotatable bonds is 16. The highest BCUT2D eigenvalue weighted by Gasteiger charge is 2.33. The Balaban J connectivity index is 5.60. The predicted molar refractivity (Wildman–Crippen MR) is 127 cm³/mol. The van der Waals surface area contributed by atoms with Gasteiger partial charge in [-0.2, -0.15) is 12.6 Å². The smallest absolute Gasteiger partial charge is 0.326 e. The van der Waals surface area contributed by atoms with E-state index in [1.54, 1.807) is 13.8 Å². The third kappa shape index (κ3) is 11.7. The van der Waals surface area contributed by atoms with Crippen molar-refractivity contribution in [2.75, 3.05) is 12.3 Å². The van der Waals surface area contributed by atoms with E-state index in [1.165, 1.54) is 0 Å². The first-order chi connectivity index (χ1) is 15.8. The van der Waals surface area contributed by atoms with E-state index >= 15 is 0 Å². The summed E-state index contributed by atoms with van der Waals surface area (Å²) in [7, 11) is 0. The minimum absolute atomic E-state index is 0.0340. The van der Waals surface area contributed by atoms with E-state index in [2.05, 4.69) is 33.6 Å². The molecular weight excluding hydrogens is 470 g/mol. The number of carboxylic acids is 2. The summed E-state index contributed by atoms with van der Waals surface area (Å²) in [4.78, 5) is 64.0. The number of aliphatic carboxylic acids is 2. The van der Waals surface area contributed by atoms with Crippen molar-refractivity contribution in [3.63, 3.8) is 0 Å². The van der Waals surface area contributed by atoms with E-state index in [4.69, 9.17) is 22.3 Å². The molecule has 15 heteroatoms. The first kappa shape index (κ1) is 30.9. The lowest BCUT2D eigenvalue weighted by molar-refractivity contribution is -0.147. The Kier molecular flexibility index (Phi) is 14.3. The number of nitrogens with one attached hydrogen (secondary N) is 3. The molecule has 0 radical (unpaired) electrons. The Hall–Kier alpha value is -3.07. The van der Waals surface area contributed by atoms with Crippen LogP contribution in [0.1, 0.15) is 39.5 Å². The molecule has 0 aromatic heterocycles. The van der Waals surface area contributed by atoms with Crippen LogP contribution in [0.2, 0.25) is 0 Å². The largest absolute Gasteiger partial charge is 0.481 e. The zero-order chi connectivity index (χ0) is 26.4. The highest BCUT2D eigenvalue weighted by molar-refractivity contribution is 7.80. The zero-order valence-electron chi connectivity index (χ0n) is 19.2. The second kappa shape index (κ2) is 15.7. The van der Waals surface area contributed by atoms with Crippen molar-refractivity contribution in [3.05, 3.63) is 0 Å². The topological polar surface area (TPSA) is 252 Å². The molecule has 11 N–H and O–H groups in total. The number of hydrogen-bond acceptors (Lipinski definition) is 8. The van der Waals surface area contributed by atoms with Gasteiger partial charge in [-0.3, -0.25) is 24.2 Å². The summed E-state index contributed by atoms with van der Waals surface area (Å²) in [6.07, 6.45) is 0.0138. The molecule has 0 aliphatic carbocycles. The highest BCUT2D eigenvalue weighted by atomic mass is 32.1. The molecule has 0 bridgehead atoms. The number of nitrogens with two attached hydrogens (primary N) is 3. The summed E-state index contributed by atoms with van der Waals surface area (Å²) in [6, 6.07) is -4.95. The van der Waals surface area contributed by atoms with Crippen molar-refractivity contribution in [1.82, 2.24) is 16.0 Å². The Bertz CT molecular complexity index is 761. The lowest BCUT2D eigenvalue weighted by Gasteiger charge is -2.28. The minimum atomic E-state index is -1.68. The maximum atomic E-state index is 13.0. The van der Waals surface area contributed by atoms with Crippen molar-refractivity contribution in [2.45, 2.75) is 63.7 Å². The van der Waals surface area contributed by atoms with Crippen molar-refractivity contribution < 1.29 is 34.2 Å².